The maximum absolute atomic E-state index is 13.3. The van der Waals surface area contributed by atoms with Crippen molar-refractivity contribution >= 4 is 18.0 Å². The Balaban J connectivity index is 2.31. The van der Waals surface area contributed by atoms with Gasteiger partial charge in [0.1, 0.15) is 17.1 Å². The number of amides is 2. The van der Waals surface area contributed by atoms with E-state index in [1.54, 1.807) is 36.4 Å². The van der Waals surface area contributed by atoms with Gasteiger partial charge in [0.05, 0.1) is 25.9 Å². The number of methoxy groups -OCH3 is 1. The average Bonchev–Trinajstić information content (AvgIpc) is 2.99. The first-order chi connectivity index (χ1) is 21.5. The molecule has 0 aliphatic rings. The molecule has 0 spiro atoms. The van der Waals surface area contributed by atoms with E-state index in [1.807, 2.05) is 27.7 Å². The molecule has 0 saturated carbocycles. The molecule has 0 aliphatic carbocycles. The molecule has 0 aromatic heterocycles. The largest absolute Gasteiger partial charge is 0.493 e. The van der Waals surface area contributed by atoms with Gasteiger partial charge in [0.25, 0.3) is 5.91 Å². The van der Waals surface area contributed by atoms with Crippen molar-refractivity contribution < 1.29 is 33.3 Å². The summed E-state index contributed by atoms with van der Waals surface area (Å²) < 4.78 is 22.8. The number of carbonyl (C=O) groups is 3. The SMILES string of the molecule is CCCCCCOc1ccc(C(=O)NCCC(C)NC(=O)OC(C)(C)C)cc1-c1cc(C(=O)OC)ccc1OCCCCCC. The minimum Gasteiger partial charge on any atom is -0.493 e. The Morgan fingerprint density at radius 2 is 1.31 bits per heavy atom. The zero-order valence-corrected chi connectivity index (χ0v) is 28.4. The van der Waals surface area contributed by atoms with Crippen molar-refractivity contribution in [2.45, 2.75) is 111 Å². The van der Waals surface area contributed by atoms with Gasteiger partial charge in [-0.3, -0.25) is 4.79 Å². The van der Waals surface area contributed by atoms with Crippen molar-refractivity contribution in [3.8, 4) is 22.6 Å². The first kappa shape index (κ1) is 37.4. The van der Waals surface area contributed by atoms with Crippen LogP contribution in [0.4, 0.5) is 4.79 Å². The van der Waals surface area contributed by atoms with Crippen LogP contribution in [-0.4, -0.2) is 56.5 Å². The van der Waals surface area contributed by atoms with Crippen LogP contribution in [-0.2, 0) is 9.47 Å². The van der Waals surface area contributed by atoms with E-state index in [4.69, 9.17) is 18.9 Å². The van der Waals surface area contributed by atoms with Gasteiger partial charge in [0.2, 0.25) is 0 Å². The van der Waals surface area contributed by atoms with E-state index in [2.05, 4.69) is 24.5 Å². The molecule has 0 fully saturated rings. The van der Waals surface area contributed by atoms with Crippen molar-refractivity contribution in [2.24, 2.45) is 0 Å². The van der Waals surface area contributed by atoms with Crippen LogP contribution in [0, 0.1) is 0 Å². The summed E-state index contributed by atoms with van der Waals surface area (Å²) in [4.78, 5) is 37.8. The highest BCUT2D eigenvalue weighted by molar-refractivity contribution is 5.97. The normalized spacial score (nSPS) is 11.8. The molecule has 2 aromatic carbocycles. The Labute approximate surface area is 269 Å². The molecule has 0 saturated heterocycles. The van der Waals surface area contributed by atoms with E-state index in [0.717, 1.165) is 51.4 Å². The van der Waals surface area contributed by atoms with Gasteiger partial charge in [0, 0.05) is 29.3 Å². The maximum atomic E-state index is 13.3. The smallest absolute Gasteiger partial charge is 0.407 e. The van der Waals surface area contributed by atoms with Gasteiger partial charge in [-0.1, -0.05) is 52.4 Å². The summed E-state index contributed by atoms with van der Waals surface area (Å²) in [6.45, 7) is 13.0. The van der Waals surface area contributed by atoms with Crippen molar-refractivity contribution in [1.29, 1.82) is 0 Å². The lowest BCUT2D eigenvalue weighted by Crippen LogP contribution is -2.39. The zero-order valence-electron chi connectivity index (χ0n) is 28.4. The fourth-order valence-electron chi connectivity index (χ4n) is 4.63. The van der Waals surface area contributed by atoms with Gasteiger partial charge in [-0.15, -0.1) is 0 Å². The number of hydrogen-bond donors (Lipinski definition) is 2. The van der Waals surface area contributed by atoms with E-state index < -0.39 is 17.7 Å². The van der Waals surface area contributed by atoms with Gasteiger partial charge >= 0.3 is 12.1 Å². The quantitative estimate of drug-likeness (QED) is 0.120. The molecule has 2 amide bonds. The van der Waals surface area contributed by atoms with Gasteiger partial charge in [-0.25, -0.2) is 9.59 Å². The second-order valence-corrected chi connectivity index (χ2v) is 12.3. The Bertz CT molecular complexity index is 1220. The van der Waals surface area contributed by atoms with Crippen LogP contribution in [0.2, 0.25) is 0 Å². The molecular weight excluding hydrogens is 572 g/mol. The lowest BCUT2D eigenvalue weighted by molar-refractivity contribution is 0.0505. The Morgan fingerprint density at radius 1 is 0.778 bits per heavy atom. The summed E-state index contributed by atoms with van der Waals surface area (Å²) >= 11 is 0. The number of ether oxygens (including phenoxy) is 4. The molecule has 1 atom stereocenters. The highest BCUT2D eigenvalue weighted by atomic mass is 16.6. The Kier molecular flexibility index (Phi) is 16.3. The summed E-state index contributed by atoms with van der Waals surface area (Å²) in [7, 11) is 1.35. The van der Waals surface area contributed by atoms with Gasteiger partial charge in [-0.2, -0.15) is 0 Å². The molecule has 2 rings (SSSR count). The van der Waals surface area contributed by atoms with Crippen LogP contribution >= 0.6 is 0 Å². The van der Waals surface area contributed by atoms with Crippen molar-refractivity contribution in [2.75, 3.05) is 26.9 Å². The summed E-state index contributed by atoms with van der Waals surface area (Å²) in [5.41, 5.74) is 1.54. The number of nitrogens with one attached hydrogen (secondary N) is 2. The highest BCUT2D eigenvalue weighted by Gasteiger charge is 2.20. The van der Waals surface area contributed by atoms with Crippen molar-refractivity contribution in [1.82, 2.24) is 10.6 Å². The number of hydrogen-bond acceptors (Lipinski definition) is 7. The Hall–Kier alpha value is -3.75. The second kappa shape index (κ2) is 19.6. The average molecular weight is 627 g/mol. The van der Waals surface area contributed by atoms with E-state index in [-0.39, 0.29) is 11.9 Å². The standard InChI is InChI=1S/C36H54N2O7/c1-8-10-12-14-22-43-31-18-16-27(33(39)37-21-20-26(3)38-35(41)45-36(4,5)6)24-29(31)30-25-28(34(40)42-7)17-19-32(30)44-23-15-13-11-9-2/h16-19,24-26H,8-15,20-23H2,1-7H3,(H,37,39)(H,38,41). The summed E-state index contributed by atoms with van der Waals surface area (Å²) in [6, 6.07) is 10.3. The molecule has 250 valence electrons. The molecule has 9 nitrogen and oxygen atoms in total. The molecule has 0 heterocycles. The number of rotatable bonds is 19. The van der Waals surface area contributed by atoms with E-state index in [1.165, 1.54) is 7.11 Å². The lowest BCUT2D eigenvalue weighted by atomic mass is 9.98. The number of carbonyl (C=O) groups excluding carboxylic acids is 3. The first-order valence-electron chi connectivity index (χ1n) is 16.4. The first-order valence-corrected chi connectivity index (χ1v) is 16.4. The third kappa shape index (κ3) is 13.8. The molecule has 2 aromatic rings. The van der Waals surface area contributed by atoms with Crippen molar-refractivity contribution in [3.05, 3.63) is 47.5 Å². The molecule has 9 heteroatoms. The predicted octanol–water partition coefficient (Wildman–Crippen LogP) is 8.09. The summed E-state index contributed by atoms with van der Waals surface area (Å²) in [5.74, 6) is 0.489. The van der Waals surface area contributed by atoms with Gasteiger partial charge in [0.15, 0.2) is 0 Å². The maximum Gasteiger partial charge on any atom is 0.407 e. The van der Waals surface area contributed by atoms with Crippen LogP contribution in [0.15, 0.2) is 36.4 Å². The molecule has 0 radical (unpaired) electrons. The van der Waals surface area contributed by atoms with E-state index in [0.29, 0.717) is 59.9 Å². The monoisotopic (exact) mass is 626 g/mol. The number of esters is 1. The molecule has 0 bridgehead atoms. The van der Waals surface area contributed by atoms with Crippen LogP contribution in [0.25, 0.3) is 11.1 Å². The fraction of sp³-hybridized carbons (Fsp3) is 0.583. The molecule has 0 aliphatic heterocycles. The molecular formula is C36H54N2O7. The summed E-state index contributed by atoms with van der Waals surface area (Å²) in [6.07, 6.45) is 8.53. The highest BCUT2D eigenvalue weighted by Crippen LogP contribution is 2.38. The minimum absolute atomic E-state index is 0.197. The van der Waals surface area contributed by atoms with Crippen LogP contribution in [0.3, 0.4) is 0 Å². The van der Waals surface area contributed by atoms with Gasteiger partial charge in [-0.05, 0) is 83.4 Å². The van der Waals surface area contributed by atoms with E-state index in [9.17, 15) is 14.4 Å². The van der Waals surface area contributed by atoms with Crippen LogP contribution in [0.5, 0.6) is 11.5 Å². The predicted molar refractivity (Wildman–Crippen MR) is 178 cm³/mol. The van der Waals surface area contributed by atoms with Gasteiger partial charge < -0.3 is 29.6 Å². The number of alkyl carbamates (subject to hydrolysis) is 1. The van der Waals surface area contributed by atoms with Crippen molar-refractivity contribution in [3.63, 3.8) is 0 Å². The van der Waals surface area contributed by atoms with Crippen LogP contribution in [0.1, 0.15) is 120 Å². The minimum atomic E-state index is -0.586. The molecule has 2 N–H and O–H groups in total. The summed E-state index contributed by atoms with van der Waals surface area (Å²) in [5, 5.41) is 5.74. The third-order valence-corrected chi connectivity index (χ3v) is 7.07. The zero-order chi connectivity index (χ0) is 33.2. The lowest BCUT2D eigenvalue weighted by Gasteiger charge is -2.22. The topological polar surface area (TPSA) is 112 Å². The molecule has 45 heavy (non-hydrogen) atoms. The Morgan fingerprint density at radius 3 is 1.82 bits per heavy atom. The molecule has 1 unspecified atom stereocenters. The number of benzene rings is 2. The van der Waals surface area contributed by atoms with Crippen LogP contribution < -0.4 is 20.1 Å². The second-order valence-electron chi connectivity index (χ2n) is 12.3. The third-order valence-electron chi connectivity index (χ3n) is 7.07. The fourth-order valence-corrected chi connectivity index (χ4v) is 4.63. The van der Waals surface area contributed by atoms with E-state index >= 15 is 0 Å². The number of unbranched alkanes of at least 4 members (excludes halogenated alkanes) is 6.